The molecule has 0 aliphatic heterocycles. The second-order valence-electron chi connectivity index (χ2n) is 6.15. The largest absolute Gasteiger partial charge is 0.508 e. The van der Waals surface area contributed by atoms with Gasteiger partial charge in [0.2, 0.25) is 0 Å². The van der Waals surface area contributed by atoms with Crippen LogP contribution in [-0.2, 0) is 7.05 Å². The Morgan fingerprint density at radius 1 is 1.28 bits per heavy atom. The van der Waals surface area contributed by atoms with Gasteiger partial charge in [-0.25, -0.2) is 0 Å². The number of aliphatic hydroxyl groups excluding tert-OH is 1. The molecule has 0 saturated carbocycles. The zero-order chi connectivity index (χ0) is 18.7. The highest BCUT2D eigenvalue weighted by Gasteiger charge is 2.22. The van der Waals surface area contributed by atoms with E-state index in [-0.39, 0.29) is 23.4 Å². The number of aromatic nitrogens is 1. The lowest BCUT2D eigenvalue weighted by Crippen LogP contribution is -2.39. The topological polar surface area (TPSA) is 82.8 Å². The summed E-state index contributed by atoms with van der Waals surface area (Å²) >= 11 is 0. The minimum Gasteiger partial charge on any atom is -0.508 e. The van der Waals surface area contributed by atoms with Gasteiger partial charge in [-0.15, -0.1) is 0 Å². The van der Waals surface area contributed by atoms with Crippen LogP contribution in [0, 0.1) is 13.8 Å². The lowest BCUT2D eigenvalue weighted by atomic mass is 10.1. The standard InChI is InChI=1S/C19H24N2O4/c1-5-21(11-17(23)14-7-6-8-15(22)10-14)19(25)16-9-12(2)13(3)20(4)18(16)24/h6-10,17,22-23H,5,11H2,1-4H3/t17-/m0/s1. The van der Waals surface area contributed by atoms with Crippen molar-refractivity contribution in [2.24, 2.45) is 7.05 Å². The Balaban J connectivity index is 2.29. The van der Waals surface area contributed by atoms with Crippen molar-refractivity contribution in [1.29, 1.82) is 0 Å². The number of carbonyl (C=O) groups excluding carboxylic acids is 1. The molecule has 1 amide bonds. The van der Waals surface area contributed by atoms with Crippen molar-refractivity contribution in [3.05, 3.63) is 63.1 Å². The first kappa shape index (κ1) is 18.7. The molecule has 0 aliphatic carbocycles. The maximum atomic E-state index is 12.8. The number of phenolic OH excluding ortho intramolecular Hbond substituents is 1. The van der Waals surface area contributed by atoms with Crippen molar-refractivity contribution in [2.75, 3.05) is 13.1 Å². The SMILES string of the molecule is CCN(C[C@H](O)c1cccc(O)c1)C(=O)c1cc(C)c(C)n(C)c1=O. The molecule has 2 rings (SSSR count). The average molecular weight is 344 g/mol. The smallest absolute Gasteiger partial charge is 0.263 e. The molecule has 1 aromatic heterocycles. The molecule has 1 atom stereocenters. The Labute approximate surface area is 147 Å². The molecule has 134 valence electrons. The zero-order valence-corrected chi connectivity index (χ0v) is 15.0. The number of pyridine rings is 1. The minimum absolute atomic E-state index is 0.0366. The Morgan fingerprint density at radius 2 is 1.96 bits per heavy atom. The molecule has 0 fully saturated rings. The molecule has 0 bridgehead atoms. The molecule has 6 nitrogen and oxygen atoms in total. The first-order valence-corrected chi connectivity index (χ1v) is 8.19. The normalized spacial score (nSPS) is 12.0. The van der Waals surface area contributed by atoms with Crippen LogP contribution in [0.1, 0.15) is 40.2 Å². The first-order valence-electron chi connectivity index (χ1n) is 8.19. The van der Waals surface area contributed by atoms with Crippen LogP contribution in [0.25, 0.3) is 0 Å². The average Bonchev–Trinajstić information content (AvgIpc) is 2.60. The third-order valence-corrected chi connectivity index (χ3v) is 4.52. The van der Waals surface area contributed by atoms with Crippen LogP contribution < -0.4 is 5.56 Å². The number of aliphatic hydroxyl groups is 1. The van der Waals surface area contributed by atoms with Crippen molar-refractivity contribution in [3.63, 3.8) is 0 Å². The molecule has 1 aromatic carbocycles. The summed E-state index contributed by atoms with van der Waals surface area (Å²) in [5.74, 6) is -0.362. The third kappa shape index (κ3) is 3.91. The van der Waals surface area contributed by atoms with Gasteiger partial charge in [-0.1, -0.05) is 12.1 Å². The van der Waals surface area contributed by atoms with Crippen LogP contribution in [0.2, 0.25) is 0 Å². The first-order chi connectivity index (χ1) is 11.8. The van der Waals surface area contributed by atoms with Crippen molar-refractivity contribution < 1.29 is 15.0 Å². The molecule has 2 aromatic rings. The van der Waals surface area contributed by atoms with Crippen molar-refractivity contribution >= 4 is 5.91 Å². The van der Waals surface area contributed by atoms with E-state index in [1.807, 2.05) is 13.8 Å². The number of hydrogen-bond donors (Lipinski definition) is 2. The summed E-state index contributed by atoms with van der Waals surface area (Å²) in [6.45, 7) is 5.86. The summed E-state index contributed by atoms with van der Waals surface area (Å²) in [7, 11) is 1.64. The Hall–Kier alpha value is -2.60. The highest BCUT2D eigenvalue weighted by Crippen LogP contribution is 2.20. The van der Waals surface area contributed by atoms with Crippen LogP contribution in [0.15, 0.2) is 35.1 Å². The van der Waals surface area contributed by atoms with Crippen LogP contribution >= 0.6 is 0 Å². The number of nitrogens with zero attached hydrogens (tertiary/aromatic N) is 2. The van der Waals surface area contributed by atoms with E-state index in [0.717, 1.165) is 11.3 Å². The molecule has 1 heterocycles. The molecule has 6 heteroatoms. The van der Waals surface area contributed by atoms with Gasteiger partial charge in [0.25, 0.3) is 11.5 Å². The van der Waals surface area contributed by atoms with Crippen LogP contribution in [0.5, 0.6) is 5.75 Å². The predicted molar refractivity (Wildman–Crippen MR) is 95.8 cm³/mol. The number of amides is 1. The number of rotatable bonds is 5. The molecule has 25 heavy (non-hydrogen) atoms. The van der Waals surface area contributed by atoms with Crippen LogP contribution in [0.3, 0.4) is 0 Å². The number of benzene rings is 1. The van der Waals surface area contributed by atoms with Crippen LogP contribution in [-0.4, -0.2) is 38.7 Å². The number of carbonyl (C=O) groups is 1. The predicted octanol–water partition coefficient (Wildman–Crippen LogP) is 1.90. The summed E-state index contributed by atoms with van der Waals surface area (Å²) in [6, 6.07) is 7.88. The van der Waals surface area contributed by atoms with E-state index in [9.17, 15) is 19.8 Å². The van der Waals surface area contributed by atoms with E-state index in [1.54, 1.807) is 32.2 Å². The number of phenols is 1. The monoisotopic (exact) mass is 344 g/mol. The third-order valence-electron chi connectivity index (χ3n) is 4.52. The second kappa shape index (κ2) is 7.53. The van der Waals surface area contributed by atoms with E-state index in [0.29, 0.717) is 12.1 Å². The molecule has 0 spiro atoms. The van der Waals surface area contributed by atoms with E-state index in [2.05, 4.69) is 0 Å². The Morgan fingerprint density at radius 3 is 2.56 bits per heavy atom. The molecule has 0 aliphatic rings. The number of likely N-dealkylation sites (N-methyl/N-ethyl adjacent to an activating group) is 1. The molecular formula is C19H24N2O4. The maximum Gasteiger partial charge on any atom is 0.263 e. The molecule has 0 radical (unpaired) electrons. The minimum atomic E-state index is -0.952. The van der Waals surface area contributed by atoms with Crippen molar-refractivity contribution in [2.45, 2.75) is 26.9 Å². The highest BCUT2D eigenvalue weighted by molar-refractivity contribution is 5.94. The molecular weight excluding hydrogens is 320 g/mol. The highest BCUT2D eigenvalue weighted by atomic mass is 16.3. The fourth-order valence-corrected chi connectivity index (χ4v) is 2.71. The number of aryl methyl sites for hydroxylation is 1. The van der Waals surface area contributed by atoms with E-state index in [1.165, 1.54) is 21.6 Å². The van der Waals surface area contributed by atoms with Gasteiger partial charge in [-0.3, -0.25) is 9.59 Å². The summed E-state index contributed by atoms with van der Waals surface area (Å²) in [4.78, 5) is 26.7. The summed E-state index contributed by atoms with van der Waals surface area (Å²) in [6.07, 6.45) is -0.952. The zero-order valence-electron chi connectivity index (χ0n) is 15.0. The van der Waals surface area contributed by atoms with Gasteiger partial charge in [0.05, 0.1) is 12.6 Å². The maximum absolute atomic E-state index is 12.8. The Kier molecular flexibility index (Phi) is 5.64. The van der Waals surface area contributed by atoms with Crippen LogP contribution in [0.4, 0.5) is 0 Å². The lowest BCUT2D eigenvalue weighted by molar-refractivity contribution is 0.0632. The van der Waals surface area contributed by atoms with Gasteiger partial charge < -0.3 is 19.7 Å². The second-order valence-corrected chi connectivity index (χ2v) is 6.15. The quantitative estimate of drug-likeness (QED) is 0.868. The number of hydrogen-bond acceptors (Lipinski definition) is 4. The molecule has 2 N–H and O–H groups in total. The summed E-state index contributed by atoms with van der Waals surface area (Å²) in [5, 5.41) is 19.9. The van der Waals surface area contributed by atoms with Gasteiger partial charge in [0.1, 0.15) is 11.3 Å². The lowest BCUT2D eigenvalue weighted by Gasteiger charge is -2.24. The molecule has 0 unspecified atom stereocenters. The fourth-order valence-electron chi connectivity index (χ4n) is 2.71. The van der Waals surface area contributed by atoms with Gasteiger partial charge in [-0.2, -0.15) is 0 Å². The fraction of sp³-hybridized carbons (Fsp3) is 0.368. The summed E-state index contributed by atoms with van der Waals surface area (Å²) < 4.78 is 1.46. The van der Waals surface area contributed by atoms with E-state index >= 15 is 0 Å². The van der Waals surface area contributed by atoms with Gasteiger partial charge >= 0.3 is 0 Å². The summed E-state index contributed by atoms with van der Waals surface area (Å²) in [5.41, 5.74) is 1.92. The van der Waals surface area contributed by atoms with E-state index in [4.69, 9.17) is 0 Å². The number of aromatic hydroxyl groups is 1. The molecule has 0 saturated heterocycles. The Bertz CT molecular complexity index is 842. The van der Waals surface area contributed by atoms with Gasteiger partial charge in [0.15, 0.2) is 0 Å². The van der Waals surface area contributed by atoms with Gasteiger partial charge in [-0.05, 0) is 50.1 Å². The van der Waals surface area contributed by atoms with Crippen molar-refractivity contribution in [3.8, 4) is 5.75 Å². The van der Waals surface area contributed by atoms with E-state index < -0.39 is 12.0 Å². The van der Waals surface area contributed by atoms with Crippen molar-refractivity contribution in [1.82, 2.24) is 9.47 Å². The van der Waals surface area contributed by atoms with Gasteiger partial charge in [0, 0.05) is 19.3 Å².